The van der Waals surface area contributed by atoms with Crippen LogP contribution < -0.4 is 4.74 Å². The van der Waals surface area contributed by atoms with E-state index >= 15 is 0 Å². The molecule has 1 aromatic carbocycles. The maximum atomic E-state index is 10.2. The minimum absolute atomic E-state index is 0.158. The van der Waals surface area contributed by atoms with Gasteiger partial charge in [0.15, 0.2) is 0 Å². The summed E-state index contributed by atoms with van der Waals surface area (Å²) in [5, 5.41) is 10.2. The van der Waals surface area contributed by atoms with Gasteiger partial charge in [0.25, 0.3) is 0 Å². The number of hydrogen-bond donors (Lipinski definition) is 1. The Morgan fingerprint density at radius 1 is 1.50 bits per heavy atom. The van der Waals surface area contributed by atoms with E-state index in [4.69, 9.17) is 4.74 Å². The monoisotopic (exact) mass is 308 g/mol. The second kappa shape index (κ2) is 4.40. The van der Waals surface area contributed by atoms with Crippen molar-refractivity contribution in [2.75, 3.05) is 0 Å². The first-order valence-electron chi connectivity index (χ1n) is 5.75. The molecule has 2 atom stereocenters. The topological polar surface area (TPSA) is 47.3 Å². The first-order chi connectivity index (χ1) is 8.65. The molecule has 94 valence electrons. The molecule has 5 heteroatoms. The average Bonchev–Trinajstić information content (AvgIpc) is 2.74. The van der Waals surface area contributed by atoms with Gasteiger partial charge in [0.2, 0.25) is 0 Å². The Morgan fingerprint density at radius 2 is 2.33 bits per heavy atom. The summed E-state index contributed by atoms with van der Waals surface area (Å²) in [6.45, 7) is 0. The fourth-order valence-electron chi connectivity index (χ4n) is 2.28. The third kappa shape index (κ3) is 1.93. The molecule has 0 radical (unpaired) electrons. The lowest BCUT2D eigenvalue weighted by molar-refractivity contribution is 0.0622. The summed E-state index contributed by atoms with van der Waals surface area (Å²) < 4.78 is 8.82. The van der Waals surface area contributed by atoms with Gasteiger partial charge in [-0.05, 0) is 12.1 Å². The van der Waals surface area contributed by atoms with Crippen LogP contribution in [-0.4, -0.2) is 14.7 Å². The summed E-state index contributed by atoms with van der Waals surface area (Å²) in [6, 6.07) is 5.69. The van der Waals surface area contributed by atoms with Crippen molar-refractivity contribution in [1.82, 2.24) is 9.55 Å². The Kier molecular flexibility index (Phi) is 2.87. The molecule has 0 amide bonds. The van der Waals surface area contributed by atoms with Gasteiger partial charge in [0.1, 0.15) is 11.9 Å². The zero-order valence-electron chi connectivity index (χ0n) is 9.88. The SMILES string of the molecule is Cn1cncc1C1C[C@@H](O)c2ccc(Br)cc2O1. The molecule has 18 heavy (non-hydrogen) atoms. The molecule has 0 saturated heterocycles. The van der Waals surface area contributed by atoms with E-state index in [1.54, 1.807) is 12.5 Å². The van der Waals surface area contributed by atoms with Crippen molar-refractivity contribution < 1.29 is 9.84 Å². The van der Waals surface area contributed by atoms with Crippen LogP contribution in [0.25, 0.3) is 0 Å². The van der Waals surface area contributed by atoms with Gasteiger partial charge in [-0.3, -0.25) is 0 Å². The van der Waals surface area contributed by atoms with Crippen LogP contribution >= 0.6 is 15.9 Å². The lowest BCUT2D eigenvalue weighted by Crippen LogP contribution is -2.20. The summed E-state index contributed by atoms with van der Waals surface area (Å²) >= 11 is 3.41. The third-order valence-electron chi connectivity index (χ3n) is 3.23. The molecular formula is C13H13BrN2O2. The Labute approximate surface area is 113 Å². The average molecular weight is 309 g/mol. The van der Waals surface area contributed by atoms with E-state index in [-0.39, 0.29) is 6.10 Å². The number of nitrogens with zero attached hydrogens (tertiary/aromatic N) is 2. The number of aliphatic hydroxyl groups is 1. The number of aryl methyl sites for hydroxylation is 1. The number of rotatable bonds is 1. The van der Waals surface area contributed by atoms with E-state index in [2.05, 4.69) is 20.9 Å². The summed E-state index contributed by atoms with van der Waals surface area (Å²) in [7, 11) is 1.93. The maximum Gasteiger partial charge on any atom is 0.143 e. The first-order valence-corrected chi connectivity index (χ1v) is 6.55. The van der Waals surface area contributed by atoms with Crippen molar-refractivity contribution in [3.8, 4) is 5.75 Å². The third-order valence-corrected chi connectivity index (χ3v) is 3.72. The molecule has 2 heterocycles. The van der Waals surface area contributed by atoms with Crippen LogP contribution in [0.4, 0.5) is 0 Å². The van der Waals surface area contributed by atoms with Crippen LogP contribution in [0.15, 0.2) is 35.2 Å². The number of hydrogen-bond acceptors (Lipinski definition) is 3. The number of ether oxygens (including phenoxy) is 1. The fourth-order valence-corrected chi connectivity index (χ4v) is 2.62. The van der Waals surface area contributed by atoms with Crippen LogP contribution in [0.3, 0.4) is 0 Å². The van der Waals surface area contributed by atoms with Crippen molar-refractivity contribution in [2.24, 2.45) is 7.05 Å². The number of aromatic nitrogens is 2. The van der Waals surface area contributed by atoms with Crippen LogP contribution in [0, 0.1) is 0 Å². The fraction of sp³-hybridized carbons (Fsp3) is 0.308. The summed E-state index contributed by atoms with van der Waals surface area (Å²) in [5.74, 6) is 0.731. The smallest absolute Gasteiger partial charge is 0.143 e. The van der Waals surface area contributed by atoms with Crippen molar-refractivity contribution in [1.29, 1.82) is 0 Å². The van der Waals surface area contributed by atoms with E-state index in [1.165, 1.54) is 0 Å². The number of imidazole rings is 1. The maximum absolute atomic E-state index is 10.2. The molecule has 0 spiro atoms. The number of halogens is 1. The van der Waals surface area contributed by atoms with Crippen LogP contribution in [-0.2, 0) is 7.05 Å². The Bertz CT molecular complexity index is 582. The molecule has 0 bridgehead atoms. The van der Waals surface area contributed by atoms with Gasteiger partial charge in [0, 0.05) is 23.5 Å². The van der Waals surface area contributed by atoms with Crippen molar-refractivity contribution in [3.05, 3.63) is 46.5 Å². The van der Waals surface area contributed by atoms with Gasteiger partial charge < -0.3 is 14.4 Å². The second-order valence-electron chi connectivity index (χ2n) is 4.47. The lowest BCUT2D eigenvalue weighted by Gasteiger charge is -2.29. The molecule has 4 nitrogen and oxygen atoms in total. The van der Waals surface area contributed by atoms with E-state index in [1.807, 2.05) is 29.8 Å². The highest BCUT2D eigenvalue weighted by Crippen LogP contribution is 2.41. The van der Waals surface area contributed by atoms with E-state index in [0.29, 0.717) is 6.42 Å². The standard InChI is InChI=1S/C13H13BrN2O2/c1-16-7-15-6-10(16)13-5-11(17)9-3-2-8(14)4-12(9)18-13/h2-4,6-7,11,13,17H,5H2,1H3/t11-,13?/m1/s1. The van der Waals surface area contributed by atoms with Gasteiger partial charge in [-0.1, -0.05) is 22.0 Å². The molecule has 2 aromatic rings. The zero-order chi connectivity index (χ0) is 12.7. The van der Waals surface area contributed by atoms with Crippen LogP contribution in [0.2, 0.25) is 0 Å². The van der Waals surface area contributed by atoms with Gasteiger partial charge >= 0.3 is 0 Å². The highest BCUT2D eigenvalue weighted by Gasteiger charge is 2.29. The minimum Gasteiger partial charge on any atom is -0.484 e. The molecule has 0 fully saturated rings. The predicted molar refractivity (Wildman–Crippen MR) is 70.3 cm³/mol. The molecule has 1 unspecified atom stereocenters. The van der Waals surface area contributed by atoms with Crippen molar-refractivity contribution >= 4 is 15.9 Å². The van der Waals surface area contributed by atoms with E-state index in [0.717, 1.165) is 21.5 Å². The van der Waals surface area contributed by atoms with Gasteiger partial charge in [-0.2, -0.15) is 0 Å². The molecular weight excluding hydrogens is 296 g/mol. The molecule has 1 aliphatic heterocycles. The van der Waals surface area contributed by atoms with E-state index in [9.17, 15) is 5.11 Å². The quantitative estimate of drug-likeness (QED) is 0.881. The second-order valence-corrected chi connectivity index (χ2v) is 5.39. The Balaban J connectivity index is 1.98. The minimum atomic E-state index is -0.498. The molecule has 1 aromatic heterocycles. The van der Waals surface area contributed by atoms with E-state index < -0.39 is 6.10 Å². The lowest BCUT2D eigenvalue weighted by atomic mass is 9.98. The molecule has 3 rings (SSSR count). The number of benzene rings is 1. The Morgan fingerprint density at radius 3 is 3.06 bits per heavy atom. The summed E-state index contributed by atoms with van der Waals surface area (Å²) in [5.41, 5.74) is 1.82. The van der Waals surface area contributed by atoms with Crippen LogP contribution in [0.5, 0.6) is 5.75 Å². The van der Waals surface area contributed by atoms with Gasteiger partial charge in [-0.15, -0.1) is 0 Å². The summed E-state index contributed by atoms with van der Waals surface area (Å²) in [4.78, 5) is 4.09. The normalized spacial score (nSPS) is 22.4. The molecule has 1 aliphatic rings. The summed E-state index contributed by atoms with van der Waals surface area (Å²) in [6.07, 6.45) is 3.41. The van der Waals surface area contributed by atoms with Crippen molar-refractivity contribution in [3.63, 3.8) is 0 Å². The first kappa shape index (κ1) is 11.7. The van der Waals surface area contributed by atoms with Gasteiger partial charge in [-0.25, -0.2) is 4.98 Å². The van der Waals surface area contributed by atoms with Gasteiger partial charge in [0.05, 0.1) is 24.3 Å². The zero-order valence-corrected chi connectivity index (χ0v) is 11.5. The number of aliphatic hydroxyl groups excluding tert-OH is 1. The molecule has 0 saturated carbocycles. The molecule has 0 aliphatic carbocycles. The van der Waals surface area contributed by atoms with Crippen molar-refractivity contribution in [2.45, 2.75) is 18.6 Å². The highest BCUT2D eigenvalue weighted by molar-refractivity contribution is 9.10. The molecule has 1 N–H and O–H groups in total. The Hall–Kier alpha value is -1.33. The predicted octanol–water partition coefficient (Wildman–Crippen LogP) is 2.74. The number of fused-ring (bicyclic) bond motifs is 1. The van der Waals surface area contributed by atoms with Crippen LogP contribution in [0.1, 0.15) is 29.9 Å². The highest BCUT2D eigenvalue weighted by atomic mass is 79.9. The largest absolute Gasteiger partial charge is 0.484 e.